The molecule has 0 amide bonds. The third-order valence-electron chi connectivity index (χ3n) is 3.54. The van der Waals surface area contributed by atoms with Crippen LogP contribution in [0, 0.1) is 6.92 Å². The number of rotatable bonds is 8. The zero-order valence-corrected chi connectivity index (χ0v) is 13.2. The normalized spacial score (nSPS) is 11.1. The third kappa shape index (κ3) is 4.36. The van der Waals surface area contributed by atoms with Gasteiger partial charge in [-0.15, -0.1) is 11.6 Å². The molecule has 0 saturated heterocycles. The standard InChI is InChI=1S/C15H25ClN2O/c1-5-14(6-2)18(9-10-19-4)15-8-7-13(11-16)12(3)17-15/h7-8,14H,5-6,9-11H2,1-4H3. The highest BCUT2D eigenvalue weighted by Crippen LogP contribution is 2.21. The Morgan fingerprint density at radius 3 is 2.47 bits per heavy atom. The van der Waals surface area contributed by atoms with Crippen molar-refractivity contribution < 1.29 is 4.74 Å². The minimum Gasteiger partial charge on any atom is -0.383 e. The molecule has 0 atom stereocenters. The topological polar surface area (TPSA) is 25.4 Å². The van der Waals surface area contributed by atoms with E-state index >= 15 is 0 Å². The fourth-order valence-corrected chi connectivity index (χ4v) is 2.56. The van der Waals surface area contributed by atoms with Crippen LogP contribution in [0.3, 0.4) is 0 Å². The van der Waals surface area contributed by atoms with Crippen molar-refractivity contribution in [1.82, 2.24) is 4.98 Å². The molecular weight excluding hydrogens is 260 g/mol. The Hall–Kier alpha value is -0.800. The van der Waals surface area contributed by atoms with Crippen molar-refractivity contribution in [2.24, 2.45) is 0 Å². The number of methoxy groups -OCH3 is 1. The summed E-state index contributed by atoms with van der Waals surface area (Å²) in [6.45, 7) is 8.04. The van der Waals surface area contributed by atoms with Crippen molar-refractivity contribution >= 4 is 17.4 Å². The SMILES string of the molecule is CCC(CC)N(CCOC)c1ccc(CCl)c(C)n1. The zero-order chi connectivity index (χ0) is 14.3. The van der Waals surface area contributed by atoms with Crippen LogP contribution in [0.25, 0.3) is 0 Å². The van der Waals surface area contributed by atoms with Crippen LogP contribution >= 0.6 is 11.6 Å². The third-order valence-corrected chi connectivity index (χ3v) is 3.83. The van der Waals surface area contributed by atoms with E-state index in [0.717, 1.165) is 36.5 Å². The van der Waals surface area contributed by atoms with Crippen molar-refractivity contribution in [3.63, 3.8) is 0 Å². The number of nitrogens with zero attached hydrogens (tertiary/aromatic N) is 2. The fraction of sp³-hybridized carbons (Fsp3) is 0.667. The van der Waals surface area contributed by atoms with Gasteiger partial charge in [0.05, 0.1) is 6.61 Å². The molecule has 0 bridgehead atoms. The molecule has 1 heterocycles. The maximum absolute atomic E-state index is 5.89. The Balaban J connectivity index is 2.98. The van der Waals surface area contributed by atoms with Gasteiger partial charge in [0.25, 0.3) is 0 Å². The maximum atomic E-state index is 5.89. The molecule has 4 heteroatoms. The lowest BCUT2D eigenvalue weighted by molar-refractivity contribution is 0.202. The molecule has 0 N–H and O–H groups in total. The molecule has 19 heavy (non-hydrogen) atoms. The summed E-state index contributed by atoms with van der Waals surface area (Å²) in [6.07, 6.45) is 2.22. The Morgan fingerprint density at radius 1 is 1.32 bits per heavy atom. The average Bonchev–Trinajstić information content (AvgIpc) is 2.43. The number of halogens is 1. The summed E-state index contributed by atoms with van der Waals surface area (Å²) in [4.78, 5) is 7.04. The van der Waals surface area contributed by atoms with Crippen LogP contribution in [-0.2, 0) is 10.6 Å². The second kappa shape index (κ2) is 8.39. The lowest BCUT2D eigenvalue weighted by atomic mass is 10.1. The van der Waals surface area contributed by atoms with Crippen LogP contribution in [0.2, 0.25) is 0 Å². The van der Waals surface area contributed by atoms with Crippen LogP contribution in [-0.4, -0.2) is 31.3 Å². The van der Waals surface area contributed by atoms with Crippen molar-refractivity contribution in [2.75, 3.05) is 25.2 Å². The van der Waals surface area contributed by atoms with Gasteiger partial charge in [-0.3, -0.25) is 0 Å². The van der Waals surface area contributed by atoms with E-state index in [1.54, 1.807) is 7.11 Å². The van der Waals surface area contributed by atoms with Gasteiger partial charge < -0.3 is 9.64 Å². The quantitative estimate of drug-likeness (QED) is 0.680. The first-order chi connectivity index (χ1) is 9.17. The molecule has 0 unspecified atom stereocenters. The van der Waals surface area contributed by atoms with Crippen LogP contribution in [0.15, 0.2) is 12.1 Å². The molecule has 0 aliphatic rings. The van der Waals surface area contributed by atoms with Gasteiger partial charge in [-0.1, -0.05) is 19.9 Å². The van der Waals surface area contributed by atoms with E-state index in [0.29, 0.717) is 18.5 Å². The molecule has 0 radical (unpaired) electrons. The molecule has 0 aromatic carbocycles. The molecule has 0 saturated carbocycles. The largest absolute Gasteiger partial charge is 0.383 e. The summed E-state index contributed by atoms with van der Waals surface area (Å²) in [5.74, 6) is 1.54. The van der Waals surface area contributed by atoms with Crippen LogP contribution in [0.4, 0.5) is 5.82 Å². The second-order valence-corrected chi connectivity index (χ2v) is 4.97. The number of anilines is 1. The predicted octanol–water partition coefficient (Wildman–Crippen LogP) is 3.77. The number of aryl methyl sites for hydroxylation is 1. The van der Waals surface area contributed by atoms with Gasteiger partial charge in [-0.25, -0.2) is 4.98 Å². The Morgan fingerprint density at radius 2 is 2.00 bits per heavy atom. The number of aromatic nitrogens is 1. The van der Waals surface area contributed by atoms with E-state index in [-0.39, 0.29) is 0 Å². The van der Waals surface area contributed by atoms with Crippen LogP contribution < -0.4 is 4.90 Å². The summed E-state index contributed by atoms with van der Waals surface area (Å²) >= 11 is 5.89. The van der Waals surface area contributed by atoms with Gasteiger partial charge in [0.1, 0.15) is 5.82 Å². The first-order valence-corrected chi connectivity index (χ1v) is 7.49. The number of pyridine rings is 1. The van der Waals surface area contributed by atoms with Crippen molar-refractivity contribution in [2.45, 2.75) is 45.5 Å². The highest BCUT2D eigenvalue weighted by atomic mass is 35.5. The summed E-state index contributed by atoms with van der Waals surface area (Å²) in [7, 11) is 1.74. The predicted molar refractivity (Wildman–Crippen MR) is 82.1 cm³/mol. The molecule has 0 aliphatic heterocycles. The molecule has 1 aromatic rings. The second-order valence-electron chi connectivity index (χ2n) is 4.70. The minimum absolute atomic E-state index is 0.504. The van der Waals surface area contributed by atoms with Gasteiger partial charge in [0.15, 0.2) is 0 Å². The summed E-state index contributed by atoms with van der Waals surface area (Å²) in [5, 5.41) is 0. The monoisotopic (exact) mass is 284 g/mol. The highest BCUT2D eigenvalue weighted by Gasteiger charge is 2.17. The molecule has 1 rings (SSSR count). The van der Waals surface area contributed by atoms with E-state index < -0.39 is 0 Å². The van der Waals surface area contributed by atoms with Crippen LogP contribution in [0.1, 0.15) is 37.9 Å². The molecule has 1 aromatic heterocycles. The van der Waals surface area contributed by atoms with Crippen molar-refractivity contribution in [3.8, 4) is 0 Å². The first-order valence-electron chi connectivity index (χ1n) is 6.95. The summed E-state index contributed by atoms with van der Waals surface area (Å²) in [6, 6.07) is 4.65. The average molecular weight is 285 g/mol. The van der Waals surface area contributed by atoms with Crippen LogP contribution in [0.5, 0.6) is 0 Å². The maximum Gasteiger partial charge on any atom is 0.129 e. The van der Waals surface area contributed by atoms with Gasteiger partial charge in [0.2, 0.25) is 0 Å². The van der Waals surface area contributed by atoms with E-state index in [1.807, 2.05) is 6.92 Å². The number of ether oxygens (including phenoxy) is 1. The summed E-state index contributed by atoms with van der Waals surface area (Å²) < 4.78 is 5.22. The van der Waals surface area contributed by atoms with E-state index in [1.165, 1.54) is 0 Å². The Labute approximate surface area is 121 Å². The van der Waals surface area contributed by atoms with E-state index in [2.05, 4.69) is 30.9 Å². The van der Waals surface area contributed by atoms with Crippen molar-refractivity contribution in [1.29, 1.82) is 0 Å². The van der Waals surface area contributed by atoms with Gasteiger partial charge in [-0.2, -0.15) is 0 Å². The van der Waals surface area contributed by atoms with Crippen molar-refractivity contribution in [3.05, 3.63) is 23.4 Å². The molecule has 108 valence electrons. The molecule has 3 nitrogen and oxygen atoms in total. The highest BCUT2D eigenvalue weighted by molar-refractivity contribution is 6.17. The lowest BCUT2D eigenvalue weighted by Crippen LogP contribution is -2.37. The summed E-state index contributed by atoms with van der Waals surface area (Å²) in [5.41, 5.74) is 2.11. The lowest BCUT2D eigenvalue weighted by Gasteiger charge is -2.31. The molecule has 0 fully saturated rings. The molecular formula is C15H25ClN2O. The van der Waals surface area contributed by atoms with Gasteiger partial charge in [-0.05, 0) is 31.4 Å². The molecule has 0 spiro atoms. The fourth-order valence-electron chi connectivity index (χ4n) is 2.28. The van der Waals surface area contributed by atoms with Gasteiger partial charge in [0, 0.05) is 31.3 Å². The number of alkyl halides is 1. The Bertz CT molecular complexity index is 380. The zero-order valence-electron chi connectivity index (χ0n) is 12.4. The van der Waals surface area contributed by atoms with Gasteiger partial charge >= 0.3 is 0 Å². The van der Waals surface area contributed by atoms with E-state index in [9.17, 15) is 0 Å². The smallest absolute Gasteiger partial charge is 0.129 e. The first kappa shape index (κ1) is 16.3. The number of hydrogen-bond donors (Lipinski definition) is 0. The minimum atomic E-state index is 0.504. The number of hydrogen-bond acceptors (Lipinski definition) is 3. The Kier molecular flexibility index (Phi) is 7.17. The molecule has 0 aliphatic carbocycles. The van der Waals surface area contributed by atoms with E-state index in [4.69, 9.17) is 21.3 Å².